The Kier molecular flexibility index (Phi) is 3.76. The average Bonchev–Trinajstić information content (AvgIpc) is 3.34. The van der Waals surface area contributed by atoms with Crippen molar-refractivity contribution < 1.29 is 14.3 Å². The van der Waals surface area contributed by atoms with Gasteiger partial charge in [0.2, 0.25) is 6.79 Å². The summed E-state index contributed by atoms with van der Waals surface area (Å²) in [5.41, 5.74) is 1.99. The van der Waals surface area contributed by atoms with E-state index in [1.807, 2.05) is 23.1 Å². The van der Waals surface area contributed by atoms with Crippen molar-refractivity contribution in [2.45, 2.75) is 46.1 Å². The Balaban J connectivity index is 1.54. The maximum atomic E-state index is 13.7. The van der Waals surface area contributed by atoms with Crippen LogP contribution in [0.1, 0.15) is 56.1 Å². The Morgan fingerprint density at radius 3 is 2.76 bits per heavy atom. The van der Waals surface area contributed by atoms with Gasteiger partial charge in [0, 0.05) is 30.5 Å². The second kappa shape index (κ2) is 6.03. The Bertz CT molecular complexity index is 1050. The monoisotopic (exact) mass is 391 g/mol. The molecule has 1 aromatic heterocycles. The summed E-state index contributed by atoms with van der Waals surface area (Å²) in [6, 6.07) is 9.72. The fourth-order valence-electron chi connectivity index (χ4n) is 5.82. The van der Waals surface area contributed by atoms with E-state index in [9.17, 15) is 10.1 Å². The Labute approximate surface area is 170 Å². The molecule has 3 heterocycles. The minimum Gasteiger partial charge on any atom is -0.454 e. The van der Waals surface area contributed by atoms with E-state index in [-0.39, 0.29) is 29.6 Å². The maximum Gasteiger partial charge on any atom is 0.272 e. The summed E-state index contributed by atoms with van der Waals surface area (Å²) in [5, 5.41) is 9.67. The Morgan fingerprint density at radius 1 is 1.17 bits per heavy atom. The number of aromatic nitrogens is 1. The molecule has 6 nitrogen and oxygen atoms in total. The van der Waals surface area contributed by atoms with E-state index in [0.717, 1.165) is 31.5 Å². The minimum absolute atomic E-state index is 0.0596. The van der Waals surface area contributed by atoms with E-state index < -0.39 is 0 Å². The topological polar surface area (TPSA) is 67.5 Å². The van der Waals surface area contributed by atoms with Crippen LogP contribution >= 0.6 is 0 Å². The summed E-state index contributed by atoms with van der Waals surface area (Å²) in [6.07, 6.45) is 4.95. The van der Waals surface area contributed by atoms with Crippen LogP contribution in [0.15, 0.2) is 30.5 Å². The highest BCUT2D eigenvalue weighted by Crippen LogP contribution is 2.52. The number of benzene rings is 1. The number of hydrogen-bond acceptors (Lipinski definition) is 4. The molecule has 29 heavy (non-hydrogen) atoms. The van der Waals surface area contributed by atoms with Crippen LogP contribution in [0, 0.1) is 22.2 Å². The van der Waals surface area contributed by atoms with Gasteiger partial charge >= 0.3 is 0 Å². The van der Waals surface area contributed by atoms with Gasteiger partial charge in [-0.2, -0.15) is 5.26 Å². The van der Waals surface area contributed by atoms with Gasteiger partial charge in [0.05, 0.1) is 5.56 Å². The van der Waals surface area contributed by atoms with Gasteiger partial charge in [0.25, 0.3) is 5.91 Å². The normalized spacial score (nSPS) is 26.4. The van der Waals surface area contributed by atoms with Crippen LogP contribution in [-0.4, -0.2) is 34.8 Å². The standard InChI is InChI=1S/C23H25N3O3/c1-22(2)9-17-10-23(3,12-22)13-26(17)21(27)20-15(11-24)6-7-25(20)16-4-5-18-19(8-16)29-14-28-18/h4-8,17H,9-10,12-14H2,1-3H3. The van der Waals surface area contributed by atoms with Gasteiger partial charge in [-0.05, 0) is 48.3 Å². The van der Waals surface area contributed by atoms with E-state index in [2.05, 4.69) is 26.8 Å². The minimum atomic E-state index is -0.0596. The molecule has 1 aliphatic carbocycles. The molecule has 1 amide bonds. The molecule has 0 spiro atoms. The predicted molar refractivity (Wildman–Crippen MR) is 107 cm³/mol. The summed E-state index contributed by atoms with van der Waals surface area (Å²) in [4.78, 5) is 15.7. The number of carbonyl (C=O) groups excluding carboxylic acids is 1. The highest BCUT2D eigenvalue weighted by atomic mass is 16.7. The molecule has 0 radical (unpaired) electrons. The van der Waals surface area contributed by atoms with Crippen molar-refractivity contribution in [1.29, 1.82) is 5.26 Å². The molecule has 1 saturated carbocycles. The highest BCUT2D eigenvalue weighted by Gasteiger charge is 2.51. The molecule has 150 valence electrons. The van der Waals surface area contributed by atoms with E-state index in [4.69, 9.17) is 9.47 Å². The Hall–Kier alpha value is -2.94. The molecule has 2 atom stereocenters. The second-order valence-corrected chi connectivity index (χ2v) is 9.74. The summed E-state index contributed by atoms with van der Waals surface area (Å²) in [6.45, 7) is 7.82. The fraction of sp³-hybridized carbons (Fsp3) is 0.478. The number of likely N-dealkylation sites (tertiary alicyclic amines) is 1. The third kappa shape index (κ3) is 2.88. The number of nitriles is 1. The third-order valence-corrected chi connectivity index (χ3v) is 6.52. The molecular weight excluding hydrogens is 366 g/mol. The van der Waals surface area contributed by atoms with Crippen molar-refractivity contribution in [1.82, 2.24) is 9.47 Å². The smallest absolute Gasteiger partial charge is 0.272 e. The first-order valence-electron chi connectivity index (χ1n) is 10.1. The van der Waals surface area contributed by atoms with E-state index in [1.165, 1.54) is 0 Å². The lowest BCUT2D eigenvalue weighted by atomic mass is 9.65. The quantitative estimate of drug-likeness (QED) is 0.772. The van der Waals surface area contributed by atoms with Crippen LogP contribution in [0.25, 0.3) is 5.69 Å². The molecule has 0 N–H and O–H groups in total. The third-order valence-electron chi connectivity index (χ3n) is 6.52. The van der Waals surface area contributed by atoms with Gasteiger partial charge in [-0.3, -0.25) is 4.79 Å². The molecule has 2 bridgehead atoms. The van der Waals surface area contributed by atoms with Gasteiger partial charge in [-0.15, -0.1) is 0 Å². The summed E-state index contributed by atoms with van der Waals surface area (Å²) >= 11 is 0. The van der Waals surface area contributed by atoms with Crippen molar-refractivity contribution >= 4 is 5.91 Å². The number of carbonyl (C=O) groups is 1. The molecule has 2 aliphatic heterocycles. The highest BCUT2D eigenvalue weighted by molar-refractivity contribution is 5.96. The van der Waals surface area contributed by atoms with Crippen LogP contribution in [0.3, 0.4) is 0 Å². The van der Waals surface area contributed by atoms with Crippen LogP contribution in [0.4, 0.5) is 0 Å². The molecule has 2 aromatic rings. The van der Waals surface area contributed by atoms with Crippen LogP contribution < -0.4 is 9.47 Å². The Morgan fingerprint density at radius 2 is 1.97 bits per heavy atom. The fourth-order valence-corrected chi connectivity index (χ4v) is 5.82. The zero-order valence-electron chi connectivity index (χ0n) is 17.1. The van der Waals surface area contributed by atoms with Crippen molar-refractivity contribution in [3.63, 3.8) is 0 Å². The van der Waals surface area contributed by atoms with E-state index >= 15 is 0 Å². The van der Waals surface area contributed by atoms with Gasteiger partial charge < -0.3 is 18.9 Å². The predicted octanol–water partition coefficient (Wildman–Crippen LogP) is 4.12. The summed E-state index contributed by atoms with van der Waals surface area (Å²) in [5.74, 6) is 1.29. The number of hydrogen-bond donors (Lipinski definition) is 0. The van der Waals surface area contributed by atoms with Gasteiger partial charge in [-0.1, -0.05) is 20.8 Å². The number of amides is 1. The molecular formula is C23H25N3O3. The van der Waals surface area contributed by atoms with Crippen molar-refractivity contribution in [3.8, 4) is 23.3 Å². The first kappa shape index (κ1) is 18.1. The maximum absolute atomic E-state index is 13.7. The molecule has 6 heteroatoms. The number of nitrogens with zero attached hydrogens (tertiary/aromatic N) is 3. The molecule has 1 aromatic carbocycles. The SMILES string of the molecule is CC1(C)CC2CC(C)(CN2C(=O)c2c(C#N)ccn2-c2ccc3c(c2)OCO3)C1. The zero-order valence-corrected chi connectivity index (χ0v) is 17.1. The molecule has 1 saturated heterocycles. The number of ether oxygens (including phenoxy) is 2. The molecule has 5 rings (SSSR count). The zero-order chi connectivity index (χ0) is 20.4. The average molecular weight is 391 g/mol. The lowest BCUT2D eigenvalue weighted by molar-refractivity contribution is 0.0700. The second-order valence-electron chi connectivity index (χ2n) is 9.74. The summed E-state index contributed by atoms with van der Waals surface area (Å²) in [7, 11) is 0. The van der Waals surface area contributed by atoms with Crippen molar-refractivity contribution in [2.75, 3.05) is 13.3 Å². The summed E-state index contributed by atoms with van der Waals surface area (Å²) < 4.78 is 12.7. The first-order valence-corrected chi connectivity index (χ1v) is 10.1. The lowest BCUT2D eigenvalue weighted by Crippen LogP contribution is -2.38. The van der Waals surface area contributed by atoms with Gasteiger partial charge in [0.1, 0.15) is 11.8 Å². The van der Waals surface area contributed by atoms with Crippen molar-refractivity contribution in [2.24, 2.45) is 10.8 Å². The lowest BCUT2D eigenvalue weighted by Gasteiger charge is -2.39. The number of fused-ring (bicyclic) bond motifs is 3. The van der Waals surface area contributed by atoms with Crippen LogP contribution in [0.2, 0.25) is 0 Å². The van der Waals surface area contributed by atoms with Crippen LogP contribution in [-0.2, 0) is 0 Å². The molecule has 2 fully saturated rings. The van der Waals surface area contributed by atoms with Crippen LogP contribution in [0.5, 0.6) is 11.5 Å². The van der Waals surface area contributed by atoms with Crippen molar-refractivity contribution in [3.05, 3.63) is 41.7 Å². The number of rotatable bonds is 2. The van der Waals surface area contributed by atoms with E-state index in [1.54, 1.807) is 16.8 Å². The van der Waals surface area contributed by atoms with E-state index in [0.29, 0.717) is 22.8 Å². The first-order chi connectivity index (χ1) is 13.8. The largest absolute Gasteiger partial charge is 0.454 e. The molecule has 2 unspecified atom stereocenters. The van der Waals surface area contributed by atoms with Gasteiger partial charge in [0.15, 0.2) is 11.5 Å². The molecule has 3 aliphatic rings. The van der Waals surface area contributed by atoms with Gasteiger partial charge in [-0.25, -0.2) is 0 Å².